The molecular formula is C28H34ClF2N5OS. The quantitative estimate of drug-likeness (QED) is 0.327. The van der Waals surface area contributed by atoms with E-state index in [9.17, 15) is 4.79 Å². The Hall–Kier alpha value is -2.36. The highest BCUT2D eigenvalue weighted by molar-refractivity contribution is 7.97. The largest absolute Gasteiger partial charge is 0.402 e. The average Bonchev–Trinajstić information content (AvgIpc) is 3.35. The summed E-state index contributed by atoms with van der Waals surface area (Å²) in [6.45, 7) is 7.40. The van der Waals surface area contributed by atoms with E-state index in [-0.39, 0.29) is 22.5 Å². The van der Waals surface area contributed by atoms with Gasteiger partial charge >= 0.3 is 0 Å². The van der Waals surface area contributed by atoms with Gasteiger partial charge in [-0.15, -0.1) is 0 Å². The van der Waals surface area contributed by atoms with Crippen molar-refractivity contribution in [2.75, 3.05) is 42.5 Å². The molecule has 1 saturated carbocycles. The molecule has 2 aromatic rings. The Morgan fingerprint density at radius 3 is 2.34 bits per heavy atom. The molecule has 3 heterocycles. The van der Waals surface area contributed by atoms with Crippen LogP contribution in [-0.4, -0.2) is 47.9 Å². The fraction of sp³-hybridized carbons (Fsp3) is 0.500. The van der Waals surface area contributed by atoms with Crippen LogP contribution in [0.3, 0.4) is 0 Å². The van der Waals surface area contributed by atoms with Gasteiger partial charge in [-0.05, 0) is 86.4 Å². The highest BCUT2D eigenvalue weighted by Gasteiger charge is 2.43. The molecule has 38 heavy (non-hydrogen) atoms. The Balaban J connectivity index is 1.19. The first-order chi connectivity index (χ1) is 18.2. The first kappa shape index (κ1) is 27.2. The molecule has 3 fully saturated rings. The van der Waals surface area contributed by atoms with Gasteiger partial charge in [0.2, 0.25) is 5.91 Å². The number of benzene rings is 1. The van der Waals surface area contributed by atoms with Gasteiger partial charge in [-0.1, -0.05) is 18.2 Å². The van der Waals surface area contributed by atoms with E-state index in [1.54, 1.807) is 11.9 Å². The van der Waals surface area contributed by atoms with E-state index >= 15 is 8.78 Å². The Morgan fingerprint density at radius 2 is 1.74 bits per heavy atom. The average molecular weight is 562 g/mol. The van der Waals surface area contributed by atoms with Crippen LogP contribution in [0.4, 0.5) is 20.3 Å². The minimum atomic E-state index is -2.98. The van der Waals surface area contributed by atoms with Gasteiger partial charge in [-0.2, -0.15) is 0 Å². The van der Waals surface area contributed by atoms with Crippen molar-refractivity contribution in [1.82, 2.24) is 9.29 Å². The van der Waals surface area contributed by atoms with E-state index in [4.69, 9.17) is 17.3 Å². The van der Waals surface area contributed by atoms with Crippen LogP contribution in [0.2, 0.25) is 5.15 Å². The molecule has 5 rings (SSSR count). The van der Waals surface area contributed by atoms with Gasteiger partial charge < -0.3 is 15.5 Å². The second-order valence-corrected chi connectivity index (χ2v) is 12.0. The lowest BCUT2D eigenvalue weighted by atomic mass is 9.76. The number of anilines is 2. The maximum Gasteiger partial charge on any atom is 0.276 e. The number of halogens is 3. The minimum absolute atomic E-state index is 0.0593. The Bertz CT molecular complexity index is 1160. The van der Waals surface area contributed by atoms with Crippen molar-refractivity contribution in [2.45, 2.75) is 49.3 Å². The van der Waals surface area contributed by atoms with Gasteiger partial charge in [0.15, 0.2) is 0 Å². The zero-order chi connectivity index (χ0) is 26.9. The molecule has 6 nitrogen and oxygen atoms in total. The number of nitrogens with zero attached hydrogens (tertiary/aromatic N) is 4. The second kappa shape index (κ2) is 11.4. The maximum atomic E-state index is 15.6. The highest BCUT2D eigenvalue weighted by atomic mass is 35.5. The number of hydrogen-bond donors (Lipinski definition) is 1. The van der Waals surface area contributed by atoms with Crippen molar-refractivity contribution in [3.8, 4) is 0 Å². The van der Waals surface area contributed by atoms with Crippen LogP contribution >= 0.6 is 23.5 Å². The summed E-state index contributed by atoms with van der Waals surface area (Å²) >= 11 is 7.91. The van der Waals surface area contributed by atoms with E-state index in [1.807, 2.05) is 34.1 Å². The van der Waals surface area contributed by atoms with Crippen LogP contribution in [0.1, 0.15) is 44.1 Å². The van der Waals surface area contributed by atoms with E-state index < -0.39 is 11.8 Å². The van der Waals surface area contributed by atoms with Crippen molar-refractivity contribution >= 4 is 41.0 Å². The van der Waals surface area contributed by atoms with Gasteiger partial charge in [-0.3, -0.25) is 4.79 Å². The summed E-state index contributed by atoms with van der Waals surface area (Å²) < 4.78 is 33.4. The van der Waals surface area contributed by atoms with Crippen LogP contribution < -0.4 is 15.5 Å². The molecule has 0 spiro atoms. The van der Waals surface area contributed by atoms with Crippen molar-refractivity contribution < 1.29 is 13.6 Å². The number of alkyl halides is 2. The van der Waals surface area contributed by atoms with Crippen LogP contribution in [0, 0.1) is 11.8 Å². The first-order valence-electron chi connectivity index (χ1n) is 13.3. The minimum Gasteiger partial charge on any atom is -0.402 e. The van der Waals surface area contributed by atoms with Gasteiger partial charge in [0.05, 0.1) is 0 Å². The van der Waals surface area contributed by atoms with Crippen molar-refractivity contribution in [3.05, 3.63) is 59.4 Å². The topological polar surface area (TPSA) is 65.7 Å². The second-order valence-electron chi connectivity index (χ2n) is 10.4. The predicted molar refractivity (Wildman–Crippen MR) is 150 cm³/mol. The molecule has 10 heteroatoms. The molecule has 1 aromatic heterocycles. The molecule has 2 aliphatic heterocycles. The number of carbonyl (C=O) groups excluding carboxylic acids is 1. The van der Waals surface area contributed by atoms with Crippen molar-refractivity contribution in [2.24, 2.45) is 17.6 Å². The monoisotopic (exact) mass is 561 g/mol. The third-order valence-corrected chi connectivity index (χ3v) is 9.25. The Morgan fingerprint density at radius 1 is 1.05 bits per heavy atom. The number of carbonyl (C=O) groups is 1. The van der Waals surface area contributed by atoms with Gasteiger partial charge in [0.25, 0.3) is 5.92 Å². The summed E-state index contributed by atoms with van der Waals surface area (Å²) in [5.74, 6) is -2.92. The number of aromatic nitrogens is 1. The van der Waals surface area contributed by atoms with E-state index in [2.05, 4.69) is 15.9 Å². The molecule has 1 aliphatic carbocycles. The first-order valence-corrected chi connectivity index (χ1v) is 14.4. The normalized spacial score (nSPS) is 23.2. The molecule has 0 unspecified atom stereocenters. The van der Waals surface area contributed by atoms with Gasteiger partial charge in [-0.25, -0.2) is 18.1 Å². The molecule has 0 atom stereocenters. The number of piperazine rings is 1. The molecule has 1 aromatic carbocycles. The Kier molecular flexibility index (Phi) is 8.16. The summed E-state index contributed by atoms with van der Waals surface area (Å²) in [5.41, 5.74) is 7.29. The summed E-state index contributed by atoms with van der Waals surface area (Å²) in [6.07, 6.45) is 3.63. The zero-order valence-corrected chi connectivity index (χ0v) is 23.0. The van der Waals surface area contributed by atoms with Crippen molar-refractivity contribution in [3.63, 3.8) is 0 Å². The lowest BCUT2D eigenvalue weighted by Crippen LogP contribution is -2.44. The molecule has 0 bridgehead atoms. The molecule has 0 radical (unpaired) electrons. The number of nitrogens with two attached hydrogens (primary N) is 1. The van der Waals surface area contributed by atoms with Crippen LogP contribution in [0.25, 0.3) is 0 Å². The number of allylic oxidation sites excluding steroid dienone is 1. The predicted octanol–water partition coefficient (Wildman–Crippen LogP) is 6.06. The van der Waals surface area contributed by atoms with Crippen LogP contribution in [0.5, 0.6) is 0 Å². The van der Waals surface area contributed by atoms with Gasteiger partial charge in [0.1, 0.15) is 11.0 Å². The van der Waals surface area contributed by atoms with Gasteiger partial charge in [0, 0.05) is 66.9 Å². The summed E-state index contributed by atoms with van der Waals surface area (Å²) in [4.78, 5) is 21.3. The molecule has 3 aliphatic rings. The SMILES string of the molecule is C=C(N)C1CCC(C(F)(F)c2cc(Cl)nc(N3CCN(Sc4ccc(N5CCCC5=O)cc4)CC3)c2)CC1. The third kappa shape index (κ3) is 5.95. The van der Waals surface area contributed by atoms with Crippen molar-refractivity contribution in [1.29, 1.82) is 0 Å². The third-order valence-electron chi connectivity index (χ3n) is 7.95. The molecule has 2 saturated heterocycles. The van der Waals surface area contributed by atoms with E-state index in [1.165, 1.54) is 12.1 Å². The summed E-state index contributed by atoms with van der Waals surface area (Å²) in [6, 6.07) is 10.9. The highest BCUT2D eigenvalue weighted by Crippen LogP contribution is 2.46. The lowest BCUT2D eigenvalue weighted by Gasteiger charge is -2.36. The summed E-state index contributed by atoms with van der Waals surface area (Å²) in [7, 11) is 0. The number of hydrogen-bond acceptors (Lipinski definition) is 6. The standard InChI is InChI=1S/C28H34ClF2N5OS/c1-19(32)20-4-6-21(7-5-20)28(30,31)22-17-25(29)33-26(18-22)34-13-15-35(16-14-34)38-24-10-8-23(9-11-24)36-12-2-3-27(36)37/h8-11,17-18,20-21H,1-7,12-16,32H2. The Labute approximate surface area is 232 Å². The number of pyridine rings is 1. The van der Waals surface area contributed by atoms with Crippen LogP contribution in [-0.2, 0) is 10.7 Å². The number of rotatable bonds is 7. The summed E-state index contributed by atoms with van der Waals surface area (Å²) in [5, 5.41) is 0.0922. The molecule has 2 N–H and O–H groups in total. The van der Waals surface area contributed by atoms with E-state index in [0.717, 1.165) is 36.6 Å². The molecule has 1 amide bonds. The lowest BCUT2D eigenvalue weighted by molar-refractivity contribution is -0.117. The fourth-order valence-electron chi connectivity index (χ4n) is 5.67. The number of amides is 1. The fourth-order valence-corrected chi connectivity index (χ4v) is 6.77. The molecular weight excluding hydrogens is 528 g/mol. The van der Waals surface area contributed by atoms with E-state index in [0.29, 0.717) is 56.7 Å². The maximum absolute atomic E-state index is 15.6. The van der Waals surface area contributed by atoms with Crippen LogP contribution in [0.15, 0.2) is 53.6 Å². The zero-order valence-electron chi connectivity index (χ0n) is 21.4. The smallest absolute Gasteiger partial charge is 0.276 e. The molecule has 204 valence electrons.